The van der Waals surface area contributed by atoms with Crippen LogP contribution in [0.3, 0.4) is 0 Å². The third-order valence-electron chi connectivity index (χ3n) is 2.36. The Morgan fingerprint density at radius 1 is 1.22 bits per heavy atom. The highest BCUT2D eigenvalue weighted by Crippen LogP contribution is 2.12. The third-order valence-corrected chi connectivity index (χ3v) is 2.91. The third kappa shape index (κ3) is 2.33. The van der Waals surface area contributed by atoms with Gasteiger partial charge in [0.2, 0.25) is 0 Å². The Morgan fingerprint density at radius 2 is 2.11 bits per heavy atom. The molecule has 0 aliphatic rings. The molecular weight excluding hydrogens is 250 g/mol. The van der Waals surface area contributed by atoms with Gasteiger partial charge in [-0.2, -0.15) is 0 Å². The van der Waals surface area contributed by atoms with Gasteiger partial charge in [-0.15, -0.1) is 10.2 Å². The van der Waals surface area contributed by atoms with Crippen molar-refractivity contribution in [1.29, 1.82) is 0 Å². The summed E-state index contributed by atoms with van der Waals surface area (Å²) in [7, 11) is 0. The molecule has 0 spiro atoms. The van der Waals surface area contributed by atoms with Crippen LogP contribution >= 0.6 is 11.5 Å². The van der Waals surface area contributed by atoms with Crippen molar-refractivity contribution in [1.82, 2.24) is 29.8 Å². The lowest BCUT2D eigenvalue weighted by molar-refractivity contribution is 0.789. The molecule has 3 rings (SSSR count). The van der Waals surface area contributed by atoms with Crippen molar-refractivity contribution in [3.8, 4) is 5.69 Å². The summed E-state index contributed by atoms with van der Waals surface area (Å²) in [4.78, 5) is 0. The molecule has 18 heavy (non-hydrogen) atoms. The molecule has 2 heterocycles. The Morgan fingerprint density at radius 3 is 2.78 bits per heavy atom. The molecule has 0 fully saturated rings. The highest BCUT2D eigenvalue weighted by molar-refractivity contribution is 7.03. The van der Waals surface area contributed by atoms with Crippen LogP contribution in [0.2, 0.25) is 0 Å². The summed E-state index contributed by atoms with van der Waals surface area (Å²) in [6.07, 6.45) is 1.56. The summed E-state index contributed by atoms with van der Waals surface area (Å²) in [5, 5.41) is 20.2. The van der Waals surface area contributed by atoms with Gasteiger partial charge in [0.05, 0.1) is 17.9 Å². The highest BCUT2D eigenvalue weighted by atomic mass is 32.1. The monoisotopic (exact) mass is 259 g/mol. The molecule has 0 amide bonds. The van der Waals surface area contributed by atoms with E-state index >= 15 is 0 Å². The van der Waals surface area contributed by atoms with E-state index in [2.05, 4.69) is 30.4 Å². The number of hydrogen-bond acceptors (Lipinski definition) is 7. The SMILES string of the molecule is c1cc(-n2cnnn2)ccc1NCc1csnn1. The minimum Gasteiger partial charge on any atom is -0.379 e. The Bertz CT molecular complexity index is 588. The first-order valence-electron chi connectivity index (χ1n) is 5.25. The van der Waals surface area contributed by atoms with Crippen LogP contribution in [0.15, 0.2) is 36.0 Å². The zero-order valence-electron chi connectivity index (χ0n) is 9.26. The lowest BCUT2D eigenvalue weighted by Crippen LogP contribution is -2.00. The number of anilines is 1. The second-order valence-electron chi connectivity index (χ2n) is 3.55. The fourth-order valence-electron chi connectivity index (χ4n) is 1.47. The van der Waals surface area contributed by atoms with Crippen molar-refractivity contribution in [3.63, 3.8) is 0 Å². The van der Waals surface area contributed by atoms with Crippen LogP contribution in [0, 0.1) is 0 Å². The van der Waals surface area contributed by atoms with Gasteiger partial charge in [-0.1, -0.05) is 4.49 Å². The van der Waals surface area contributed by atoms with Gasteiger partial charge in [0.1, 0.15) is 6.33 Å². The van der Waals surface area contributed by atoms with Crippen molar-refractivity contribution < 1.29 is 0 Å². The molecule has 0 aliphatic carbocycles. The molecule has 0 aliphatic heterocycles. The average molecular weight is 259 g/mol. The Kier molecular flexibility index (Phi) is 2.92. The fourth-order valence-corrected chi connectivity index (χ4v) is 1.92. The van der Waals surface area contributed by atoms with Crippen LogP contribution in [0.4, 0.5) is 5.69 Å². The van der Waals surface area contributed by atoms with Crippen molar-refractivity contribution in [2.45, 2.75) is 6.54 Å². The number of hydrogen-bond donors (Lipinski definition) is 1. The molecule has 2 aromatic heterocycles. The number of nitrogens with zero attached hydrogens (tertiary/aromatic N) is 6. The lowest BCUT2D eigenvalue weighted by atomic mass is 10.3. The summed E-state index contributed by atoms with van der Waals surface area (Å²) >= 11 is 1.35. The molecule has 1 aromatic carbocycles. The zero-order valence-corrected chi connectivity index (χ0v) is 10.1. The molecule has 8 heteroatoms. The number of nitrogens with one attached hydrogen (secondary N) is 1. The fraction of sp³-hybridized carbons (Fsp3) is 0.100. The molecule has 90 valence electrons. The summed E-state index contributed by atoms with van der Waals surface area (Å²) in [5.74, 6) is 0. The Hall–Kier alpha value is -2.35. The molecule has 0 saturated heterocycles. The van der Waals surface area contributed by atoms with E-state index in [4.69, 9.17) is 0 Å². The summed E-state index contributed by atoms with van der Waals surface area (Å²) in [6, 6.07) is 7.82. The lowest BCUT2D eigenvalue weighted by Gasteiger charge is -2.05. The van der Waals surface area contributed by atoms with Crippen molar-refractivity contribution in [2.75, 3.05) is 5.32 Å². The topological polar surface area (TPSA) is 81.4 Å². The highest BCUT2D eigenvalue weighted by Gasteiger charge is 1.99. The average Bonchev–Trinajstić information content (AvgIpc) is 3.10. The smallest absolute Gasteiger partial charge is 0.143 e. The summed E-state index contributed by atoms with van der Waals surface area (Å²) in [5.41, 5.74) is 2.87. The van der Waals surface area contributed by atoms with E-state index in [9.17, 15) is 0 Å². The molecule has 0 saturated carbocycles. The molecule has 7 nitrogen and oxygen atoms in total. The van der Waals surface area contributed by atoms with Gasteiger partial charge in [0.15, 0.2) is 0 Å². The van der Waals surface area contributed by atoms with E-state index in [0.29, 0.717) is 6.54 Å². The van der Waals surface area contributed by atoms with Crippen LogP contribution in [0.25, 0.3) is 5.69 Å². The minimum absolute atomic E-state index is 0.667. The molecular formula is C10H9N7S. The van der Waals surface area contributed by atoms with E-state index in [1.54, 1.807) is 11.0 Å². The predicted molar refractivity (Wildman–Crippen MR) is 66.4 cm³/mol. The van der Waals surface area contributed by atoms with Gasteiger partial charge in [-0.05, 0) is 46.2 Å². The maximum Gasteiger partial charge on any atom is 0.143 e. The minimum atomic E-state index is 0.667. The summed E-state index contributed by atoms with van der Waals surface area (Å²) < 4.78 is 5.41. The molecule has 0 atom stereocenters. The second-order valence-corrected chi connectivity index (χ2v) is 4.16. The quantitative estimate of drug-likeness (QED) is 0.756. The van der Waals surface area contributed by atoms with Crippen LogP contribution in [0.1, 0.15) is 5.69 Å². The van der Waals surface area contributed by atoms with Gasteiger partial charge in [0.25, 0.3) is 0 Å². The second kappa shape index (κ2) is 4.88. The van der Waals surface area contributed by atoms with Crippen molar-refractivity contribution in [3.05, 3.63) is 41.7 Å². The van der Waals surface area contributed by atoms with Gasteiger partial charge in [0, 0.05) is 11.1 Å². The summed E-state index contributed by atoms with van der Waals surface area (Å²) in [6.45, 7) is 0.667. The first-order chi connectivity index (χ1) is 8.92. The van der Waals surface area contributed by atoms with Crippen LogP contribution < -0.4 is 5.32 Å². The van der Waals surface area contributed by atoms with E-state index in [1.165, 1.54) is 11.5 Å². The molecule has 0 bridgehead atoms. The zero-order chi connectivity index (χ0) is 12.2. The number of rotatable bonds is 4. The van der Waals surface area contributed by atoms with E-state index in [1.807, 2.05) is 29.6 Å². The van der Waals surface area contributed by atoms with Crippen LogP contribution in [-0.4, -0.2) is 29.8 Å². The van der Waals surface area contributed by atoms with Gasteiger partial charge in [-0.25, -0.2) is 4.68 Å². The van der Waals surface area contributed by atoms with E-state index in [-0.39, 0.29) is 0 Å². The van der Waals surface area contributed by atoms with Crippen molar-refractivity contribution in [2.24, 2.45) is 0 Å². The standard InChI is InChI=1S/C10H9N7S/c1-3-10(17-7-12-14-15-17)4-2-8(1)11-5-9-6-18-16-13-9/h1-4,6-7,11H,5H2. The first-order valence-corrected chi connectivity index (χ1v) is 6.09. The number of benzene rings is 1. The molecule has 0 unspecified atom stereocenters. The Labute approximate surface area is 107 Å². The largest absolute Gasteiger partial charge is 0.379 e. The maximum atomic E-state index is 3.96. The van der Waals surface area contributed by atoms with Gasteiger partial charge < -0.3 is 5.32 Å². The molecule has 0 radical (unpaired) electrons. The van der Waals surface area contributed by atoms with Crippen LogP contribution in [0.5, 0.6) is 0 Å². The molecule has 1 N–H and O–H groups in total. The number of tetrazole rings is 1. The van der Waals surface area contributed by atoms with Gasteiger partial charge >= 0.3 is 0 Å². The predicted octanol–water partition coefficient (Wildman–Crippen LogP) is 1.13. The normalized spacial score (nSPS) is 10.4. The van der Waals surface area contributed by atoms with Crippen molar-refractivity contribution >= 4 is 17.2 Å². The van der Waals surface area contributed by atoms with E-state index < -0.39 is 0 Å². The van der Waals surface area contributed by atoms with Gasteiger partial charge in [-0.3, -0.25) is 0 Å². The van der Waals surface area contributed by atoms with E-state index in [0.717, 1.165) is 17.1 Å². The number of aromatic nitrogens is 6. The molecule has 3 aromatic rings. The Balaban J connectivity index is 1.68. The maximum absolute atomic E-state index is 3.96. The first kappa shape index (κ1) is 10.8. The van der Waals surface area contributed by atoms with Crippen LogP contribution in [-0.2, 0) is 6.54 Å².